The van der Waals surface area contributed by atoms with E-state index in [0.29, 0.717) is 92.9 Å². The van der Waals surface area contributed by atoms with E-state index < -0.39 is 22.0 Å². The molecule has 8 rings (SSSR count). The Hall–Kier alpha value is -9.51. The molecule has 23 heteroatoms. The molecular formula is C59H61N11O11S. The number of ether oxygens (including phenoxy) is 2. The maximum absolute atomic E-state index is 13.4. The average Bonchev–Trinajstić information content (AvgIpc) is 2.29. The van der Waals surface area contributed by atoms with Crippen LogP contribution in [0.2, 0.25) is 0 Å². The number of thioether (sulfide) groups is 1. The molecule has 2 heterocycles. The number of carboxylic acids is 1. The quantitative estimate of drug-likeness (QED) is 0.0109. The first kappa shape index (κ1) is 58.6. The highest BCUT2D eigenvalue weighted by Crippen LogP contribution is 2.43. The smallest absolute Gasteiger partial charge is 0.269 e. The van der Waals surface area contributed by atoms with Gasteiger partial charge >= 0.3 is 0 Å². The summed E-state index contributed by atoms with van der Waals surface area (Å²) in [5, 5.41) is 47.5. The number of carbonyl (C=O) groups is 5. The van der Waals surface area contributed by atoms with Crippen LogP contribution < -0.4 is 44.9 Å². The molecular weight excluding hydrogens is 1070 g/mol. The Balaban J connectivity index is 0.756. The van der Waals surface area contributed by atoms with Gasteiger partial charge in [-0.05, 0) is 85.1 Å². The van der Waals surface area contributed by atoms with Crippen LogP contribution in [0.4, 0.5) is 39.8 Å². The van der Waals surface area contributed by atoms with Gasteiger partial charge in [-0.1, -0.05) is 6.07 Å². The number of rotatable bonds is 24. The number of imide groups is 1. The molecule has 82 heavy (non-hydrogen) atoms. The van der Waals surface area contributed by atoms with Crippen LogP contribution >= 0.6 is 11.8 Å². The SMILES string of the molecule is COc1cc(/N=N/c2ccc([N+](=O)[O-])cc2)c(OC)cc1/N=N/c1ccc(N(C)CCCC(=O)NCCSC2CC(=O)N(CCCNC(=O)c3ccc(-c4c5ccc(=[N+](C)C)cc-5oc5cc(N(C)C)ccc45)c(C(=O)[O-])c3)C2=O)cc1. The lowest BCUT2D eigenvalue weighted by atomic mass is 9.89. The molecule has 0 saturated carbocycles. The number of nitrogens with one attached hydrogen (secondary N) is 2. The van der Waals surface area contributed by atoms with Crippen molar-refractivity contribution in [2.45, 2.75) is 30.9 Å². The normalized spacial score (nSPS) is 13.3. The van der Waals surface area contributed by atoms with E-state index in [4.69, 9.17) is 13.9 Å². The number of anilines is 2. The van der Waals surface area contributed by atoms with E-state index >= 15 is 0 Å². The number of carboxylic acid groups (broad SMARTS) is 1. The number of methoxy groups -OCH3 is 2. The van der Waals surface area contributed by atoms with Gasteiger partial charge in [0.2, 0.25) is 23.1 Å². The van der Waals surface area contributed by atoms with Crippen molar-refractivity contribution < 1.29 is 47.9 Å². The summed E-state index contributed by atoms with van der Waals surface area (Å²) < 4.78 is 19.4. The topological polar surface area (TPSA) is 269 Å². The molecule has 1 saturated heterocycles. The van der Waals surface area contributed by atoms with Gasteiger partial charge in [0.05, 0.1) is 47.8 Å². The molecule has 0 spiro atoms. The molecule has 0 aromatic heterocycles. The number of fused-ring (bicyclic) bond motifs is 2. The van der Waals surface area contributed by atoms with Gasteiger partial charge in [-0.15, -0.1) is 22.0 Å². The summed E-state index contributed by atoms with van der Waals surface area (Å²) in [6.45, 7) is 1.13. The largest absolute Gasteiger partial charge is 0.545 e. The highest BCUT2D eigenvalue weighted by Gasteiger charge is 2.38. The van der Waals surface area contributed by atoms with E-state index in [9.17, 15) is 39.2 Å². The second-order valence-corrected chi connectivity index (χ2v) is 20.8. The molecule has 0 bridgehead atoms. The molecule has 0 radical (unpaired) electrons. The van der Waals surface area contributed by atoms with Gasteiger partial charge in [0.15, 0.2) is 0 Å². The zero-order chi connectivity index (χ0) is 58.6. The van der Waals surface area contributed by atoms with Crippen LogP contribution in [0.5, 0.6) is 11.5 Å². The van der Waals surface area contributed by atoms with Gasteiger partial charge in [0, 0.05) is 141 Å². The second-order valence-electron chi connectivity index (χ2n) is 19.5. The van der Waals surface area contributed by atoms with Crippen molar-refractivity contribution in [3.05, 3.63) is 142 Å². The minimum absolute atomic E-state index is 0.0361. The van der Waals surface area contributed by atoms with E-state index in [1.807, 2.05) is 110 Å². The summed E-state index contributed by atoms with van der Waals surface area (Å²) in [4.78, 5) is 80.7. The third-order valence-corrected chi connectivity index (χ3v) is 14.8. The van der Waals surface area contributed by atoms with Crippen molar-refractivity contribution in [3.63, 3.8) is 0 Å². The van der Waals surface area contributed by atoms with E-state index in [1.165, 1.54) is 61.2 Å². The first-order valence-electron chi connectivity index (χ1n) is 26.1. The molecule has 3 aliphatic rings. The number of amides is 4. The number of nitro groups is 1. The van der Waals surface area contributed by atoms with Crippen LogP contribution in [-0.2, 0) is 14.4 Å². The molecule has 1 aliphatic carbocycles. The van der Waals surface area contributed by atoms with Crippen molar-refractivity contribution in [3.8, 4) is 33.9 Å². The number of aromatic carboxylic acids is 1. The Morgan fingerprint density at radius 2 is 1.41 bits per heavy atom. The Morgan fingerprint density at radius 3 is 2.04 bits per heavy atom. The van der Waals surface area contributed by atoms with Gasteiger partial charge < -0.3 is 44.2 Å². The van der Waals surface area contributed by atoms with Crippen molar-refractivity contribution in [2.75, 3.05) is 91.2 Å². The Kier molecular flexibility index (Phi) is 19.0. The number of non-ortho nitro benzene ring substituents is 1. The predicted molar refractivity (Wildman–Crippen MR) is 312 cm³/mol. The van der Waals surface area contributed by atoms with E-state index in [-0.39, 0.29) is 66.9 Å². The molecule has 2 aliphatic heterocycles. The fourth-order valence-corrected chi connectivity index (χ4v) is 10.1. The Labute approximate surface area is 476 Å². The van der Waals surface area contributed by atoms with Crippen molar-refractivity contribution >= 4 is 92.1 Å². The monoisotopic (exact) mass is 1130 g/mol. The lowest BCUT2D eigenvalue weighted by Gasteiger charge is -2.20. The standard InChI is InChI=1S/C59H61N11O11S/c1-66(2)41-20-23-44-49(31-41)81-50-32-42(67(3)4)21-24-45(50)56(44)43-22-11-36(30-46(43)59(75)76)57(73)61-25-9-28-69-55(72)35-53(58(69)74)82-29-26-60-54(71)10-8-27-68(5)39-16-12-37(13-17-39)62-64-47-33-52(80-7)48(34-51(47)79-6)65-63-38-14-18-40(19-15-38)70(77)78/h11-24,30-34,53H,8-10,25-29,35H2,1-7H3,(H2-,60,61,71,73,75,76)/b64-62+,65-63+. The summed E-state index contributed by atoms with van der Waals surface area (Å²) in [6, 6.07) is 32.1. The second kappa shape index (κ2) is 26.6. The first-order valence-corrected chi connectivity index (χ1v) is 27.2. The predicted octanol–water partition coefficient (Wildman–Crippen LogP) is 8.44. The number of nitrogens with zero attached hydrogens (tertiary/aromatic N) is 9. The molecule has 5 aromatic rings. The van der Waals surface area contributed by atoms with Crippen molar-refractivity contribution in [1.82, 2.24) is 20.1 Å². The fourth-order valence-electron chi connectivity index (χ4n) is 9.09. The third kappa shape index (κ3) is 14.1. The van der Waals surface area contributed by atoms with E-state index in [1.54, 1.807) is 24.3 Å². The summed E-state index contributed by atoms with van der Waals surface area (Å²) in [5.74, 6) is -1.03. The molecule has 4 amide bonds. The highest BCUT2D eigenvalue weighted by atomic mass is 32.2. The van der Waals surface area contributed by atoms with Crippen LogP contribution in [0.1, 0.15) is 46.4 Å². The summed E-state index contributed by atoms with van der Waals surface area (Å²) in [5.41, 5.74) is 5.63. The Bertz CT molecular complexity index is 3660. The number of nitro benzene ring substituents is 1. The lowest BCUT2D eigenvalue weighted by molar-refractivity contribution is -0.384. The molecule has 1 atom stereocenters. The van der Waals surface area contributed by atoms with Gasteiger partial charge in [0.1, 0.15) is 48.3 Å². The number of hydrogen-bond donors (Lipinski definition) is 2. The number of likely N-dealkylation sites (tertiary alicyclic amines) is 1. The van der Waals surface area contributed by atoms with Crippen LogP contribution in [0, 0.1) is 10.1 Å². The molecule has 424 valence electrons. The van der Waals surface area contributed by atoms with Gasteiger partial charge in [-0.3, -0.25) is 34.2 Å². The van der Waals surface area contributed by atoms with Gasteiger partial charge in [-0.2, -0.15) is 10.2 Å². The molecule has 1 fully saturated rings. The maximum Gasteiger partial charge on any atom is 0.269 e. The lowest BCUT2D eigenvalue weighted by Crippen LogP contribution is -2.35. The zero-order valence-corrected chi connectivity index (χ0v) is 47.2. The molecule has 2 N–H and O–H groups in total. The van der Waals surface area contributed by atoms with E-state index in [2.05, 4.69) is 31.1 Å². The molecule has 1 unspecified atom stereocenters. The van der Waals surface area contributed by atoms with Crippen LogP contribution in [0.15, 0.2) is 140 Å². The zero-order valence-electron chi connectivity index (χ0n) is 46.3. The maximum atomic E-state index is 13.4. The molecule has 5 aromatic carbocycles. The number of carbonyl (C=O) groups excluding carboxylic acids is 5. The summed E-state index contributed by atoms with van der Waals surface area (Å²) in [6.07, 6.45) is 1.18. The average molecular weight is 1130 g/mol. The minimum atomic E-state index is -1.45. The number of benzene rings is 6. The Morgan fingerprint density at radius 1 is 0.768 bits per heavy atom. The fraction of sp³-hybridized carbons (Fsp3) is 0.288. The number of hydrogen-bond acceptors (Lipinski definition) is 18. The first-order chi connectivity index (χ1) is 39.4. The minimum Gasteiger partial charge on any atom is -0.545 e. The summed E-state index contributed by atoms with van der Waals surface area (Å²) >= 11 is 1.31. The van der Waals surface area contributed by atoms with Crippen LogP contribution in [0.25, 0.3) is 33.4 Å². The summed E-state index contributed by atoms with van der Waals surface area (Å²) in [7, 11) is 12.5. The number of azo groups is 2. The van der Waals surface area contributed by atoms with Gasteiger partial charge in [0.25, 0.3) is 11.6 Å². The van der Waals surface area contributed by atoms with Crippen LogP contribution in [0.3, 0.4) is 0 Å². The molecule has 22 nitrogen and oxygen atoms in total. The van der Waals surface area contributed by atoms with E-state index in [0.717, 1.165) is 16.7 Å². The van der Waals surface area contributed by atoms with Gasteiger partial charge in [-0.25, -0.2) is 4.58 Å². The third-order valence-electron chi connectivity index (χ3n) is 13.6. The highest BCUT2D eigenvalue weighted by molar-refractivity contribution is 8.00. The van der Waals surface area contributed by atoms with Crippen LogP contribution in [-0.4, -0.2) is 126 Å². The van der Waals surface area contributed by atoms with Crippen molar-refractivity contribution in [2.24, 2.45) is 20.5 Å². The van der Waals surface area contributed by atoms with Crippen molar-refractivity contribution in [1.29, 1.82) is 0 Å².